The van der Waals surface area contributed by atoms with Gasteiger partial charge in [-0.2, -0.15) is 0 Å². The third-order valence-corrected chi connectivity index (χ3v) is 7.26. The summed E-state index contributed by atoms with van der Waals surface area (Å²) in [5, 5.41) is 4.07. The maximum atomic E-state index is 13.3. The molecule has 0 bridgehead atoms. The third kappa shape index (κ3) is 6.85. The highest BCUT2D eigenvalue weighted by Crippen LogP contribution is 2.33. The highest BCUT2D eigenvalue weighted by atomic mass is 16.5. The number of fused-ring (bicyclic) bond motifs is 1. The average Bonchev–Trinajstić information content (AvgIpc) is 2.88. The van der Waals surface area contributed by atoms with E-state index in [-0.39, 0.29) is 11.9 Å². The lowest BCUT2D eigenvalue weighted by molar-refractivity contribution is 0.0881. The van der Waals surface area contributed by atoms with Gasteiger partial charge >= 0.3 is 0 Å². The molecule has 0 radical (unpaired) electrons. The van der Waals surface area contributed by atoms with Crippen LogP contribution >= 0.6 is 0 Å². The highest BCUT2D eigenvalue weighted by molar-refractivity contribution is 5.98. The molecule has 1 aliphatic heterocycles. The van der Waals surface area contributed by atoms with Gasteiger partial charge in [-0.05, 0) is 64.1 Å². The molecule has 1 saturated heterocycles. The van der Waals surface area contributed by atoms with Crippen molar-refractivity contribution in [1.82, 2.24) is 15.2 Å². The Morgan fingerprint density at radius 2 is 1.91 bits per heavy atom. The third-order valence-electron chi connectivity index (χ3n) is 7.26. The normalized spacial score (nSPS) is 19.7. The molecule has 1 N–H and O–H groups in total. The predicted molar refractivity (Wildman–Crippen MR) is 138 cm³/mol. The van der Waals surface area contributed by atoms with Gasteiger partial charge in [0.1, 0.15) is 29.3 Å². The number of hydrogen-bond donors (Lipinski definition) is 1. The van der Waals surface area contributed by atoms with Gasteiger partial charge in [0.2, 0.25) is 0 Å². The molecule has 4 rings (SSSR count). The lowest BCUT2D eigenvalue weighted by Crippen LogP contribution is -2.49. The van der Waals surface area contributed by atoms with Crippen LogP contribution in [0.25, 0.3) is 10.9 Å². The Kier molecular flexibility index (Phi) is 9.21. The molecule has 1 amide bonds. The molecule has 2 aromatic rings. The minimum atomic E-state index is -0.166. The fourth-order valence-corrected chi connectivity index (χ4v) is 5.19. The number of aromatic nitrogens is 1. The number of carbonyl (C=O) groups excluding carboxylic acids is 1. The van der Waals surface area contributed by atoms with Crippen LogP contribution < -0.4 is 14.8 Å². The zero-order valence-corrected chi connectivity index (χ0v) is 21.6. The van der Waals surface area contributed by atoms with Crippen molar-refractivity contribution in [3.05, 3.63) is 30.0 Å². The molecular weight excluding hydrogens is 442 g/mol. The van der Waals surface area contributed by atoms with E-state index in [9.17, 15) is 4.79 Å². The Hall–Kier alpha value is -2.38. The van der Waals surface area contributed by atoms with E-state index in [1.165, 1.54) is 32.1 Å². The fraction of sp³-hybridized carbons (Fsp3) is 0.643. The number of nitrogens with zero attached hydrogens (tertiary/aromatic N) is 2. The summed E-state index contributed by atoms with van der Waals surface area (Å²) in [4.78, 5) is 20.5. The van der Waals surface area contributed by atoms with Crippen molar-refractivity contribution in [1.29, 1.82) is 0 Å². The zero-order chi connectivity index (χ0) is 24.6. The molecule has 0 unspecified atom stereocenters. The molecular formula is C28H41N3O4. The predicted octanol–water partition coefficient (Wildman–Crippen LogP) is 4.82. The minimum absolute atomic E-state index is 0.117. The summed E-state index contributed by atoms with van der Waals surface area (Å²) >= 11 is 0. The van der Waals surface area contributed by atoms with Crippen LogP contribution in [0.3, 0.4) is 0 Å². The average molecular weight is 484 g/mol. The van der Waals surface area contributed by atoms with Crippen molar-refractivity contribution < 1.29 is 19.0 Å². The Morgan fingerprint density at radius 1 is 1.09 bits per heavy atom. The second-order valence-corrected chi connectivity index (χ2v) is 10.2. The van der Waals surface area contributed by atoms with Gasteiger partial charge in [0.05, 0.1) is 13.2 Å². The number of piperidine rings is 1. The second kappa shape index (κ2) is 12.5. The molecule has 35 heavy (non-hydrogen) atoms. The molecule has 1 aliphatic carbocycles. The molecule has 7 nitrogen and oxygen atoms in total. The molecule has 7 heteroatoms. The van der Waals surface area contributed by atoms with E-state index < -0.39 is 0 Å². The van der Waals surface area contributed by atoms with Crippen LogP contribution in [-0.4, -0.2) is 67.9 Å². The summed E-state index contributed by atoms with van der Waals surface area (Å²) in [7, 11) is 1.65. The fourth-order valence-electron chi connectivity index (χ4n) is 5.19. The van der Waals surface area contributed by atoms with E-state index in [4.69, 9.17) is 19.2 Å². The molecule has 1 atom stereocenters. The number of benzene rings is 1. The van der Waals surface area contributed by atoms with Gasteiger partial charge in [-0.15, -0.1) is 0 Å². The Labute approximate surface area is 209 Å². The first-order valence-corrected chi connectivity index (χ1v) is 13.3. The first kappa shape index (κ1) is 25.7. The number of methoxy groups -OCH3 is 1. The van der Waals surface area contributed by atoms with Crippen molar-refractivity contribution in [2.24, 2.45) is 5.92 Å². The van der Waals surface area contributed by atoms with E-state index in [0.717, 1.165) is 31.3 Å². The Morgan fingerprint density at radius 3 is 2.69 bits per heavy atom. The zero-order valence-electron chi connectivity index (χ0n) is 21.6. The van der Waals surface area contributed by atoms with Gasteiger partial charge in [0.15, 0.2) is 0 Å². The molecule has 1 aromatic heterocycles. The van der Waals surface area contributed by atoms with Crippen LogP contribution in [-0.2, 0) is 4.74 Å². The summed E-state index contributed by atoms with van der Waals surface area (Å²) in [5.41, 5.74) is 1.04. The largest absolute Gasteiger partial charge is 0.491 e. The molecule has 1 aromatic carbocycles. The van der Waals surface area contributed by atoms with Crippen molar-refractivity contribution in [2.45, 2.75) is 70.9 Å². The van der Waals surface area contributed by atoms with Crippen molar-refractivity contribution in [3.63, 3.8) is 0 Å². The SMILES string of the molecule is COCCOc1cc(C(=O)N[C@@H]2CCCN(C(C)C)C2)nc2c(OCC3CCCCC3)cccc12. The molecule has 0 spiro atoms. The van der Waals surface area contributed by atoms with E-state index in [0.29, 0.717) is 54.5 Å². The van der Waals surface area contributed by atoms with Gasteiger partial charge in [-0.25, -0.2) is 4.98 Å². The van der Waals surface area contributed by atoms with E-state index in [1.807, 2.05) is 18.2 Å². The first-order valence-electron chi connectivity index (χ1n) is 13.3. The van der Waals surface area contributed by atoms with E-state index in [1.54, 1.807) is 13.2 Å². The number of ether oxygens (including phenoxy) is 3. The maximum Gasteiger partial charge on any atom is 0.270 e. The van der Waals surface area contributed by atoms with Crippen LogP contribution in [0.4, 0.5) is 0 Å². The number of likely N-dealkylation sites (tertiary alicyclic amines) is 1. The summed E-state index contributed by atoms with van der Waals surface area (Å²) < 4.78 is 17.5. The van der Waals surface area contributed by atoms with Crippen LogP contribution in [0.1, 0.15) is 69.3 Å². The second-order valence-electron chi connectivity index (χ2n) is 10.2. The molecule has 2 fully saturated rings. The molecule has 2 aliphatic rings. The number of carbonyl (C=O) groups is 1. The number of nitrogens with one attached hydrogen (secondary N) is 1. The topological polar surface area (TPSA) is 72.9 Å². The number of para-hydroxylation sites is 1. The van der Waals surface area contributed by atoms with Crippen molar-refractivity contribution in [3.8, 4) is 11.5 Å². The van der Waals surface area contributed by atoms with Gasteiger partial charge in [0, 0.05) is 37.2 Å². The summed E-state index contributed by atoms with van der Waals surface area (Å²) in [6.07, 6.45) is 8.37. The van der Waals surface area contributed by atoms with Gasteiger partial charge < -0.3 is 19.5 Å². The highest BCUT2D eigenvalue weighted by Gasteiger charge is 2.25. The number of rotatable bonds is 10. The number of amides is 1. The smallest absolute Gasteiger partial charge is 0.270 e. The van der Waals surface area contributed by atoms with E-state index >= 15 is 0 Å². The minimum Gasteiger partial charge on any atom is -0.491 e. The summed E-state index contributed by atoms with van der Waals surface area (Å²) in [5.74, 6) is 1.76. The van der Waals surface area contributed by atoms with Crippen LogP contribution in [0.15, 0.2) is 24.3 Å². The maximum absolute atomic E-state index is 13.3. The standard InChI is InChI=1S/C28H41N3O4/c1-20(2)31-14-8-11-22(18-31)29-28(32)24-17-26(34-16-15-33-3)23-12-7-13-25(27(23)30-24)35-19-21-9-5-4-6-10-21/h7,12-13,17,20-22H,4-6,8-11,14-16,18-19H2,1-3H3,(H,29,32)/t22-/m1/s1. The first-order chi connectivity index (χ1) is 17.0. The molecule has 2 heterocycles. The Bertz CT molecular complexity index is 974. The van der Waals surface area contributed by atoms with Crippen LogP contribution in [0, 0.1) is 5.92 Å². The molecule has 1 saturated carbocycles. The van der Waals surface area contributed by atoms with Gasteiger partial charge in [-0.3, -0.25) is 9.69 Å². The van der Waals surface area contributed by atoms with Crippen LogP contribution in [0.2, 0.25) is 0 Å². The lowest BCUT2D eigenvalue weighted by Gasteiger charge is -2.35. The summed E-state index contributed by atoms with van der Waals surface area (Å²) in [6, 6.07) is 8.22. The Balaban J connectivity index is 1.57. The van der Waals surface area contributed by atoms with E-state index in [2.05, 4.69) is 24.1 Å². The number of pyridine rings is 1. The van der Waals surface area contributed by atoms with Gasteiger partial charge in [0.25, 0.3) is 5.91 Å². The van der Waals surface area contributed by atoms with Crippen LogP contribution in [0.5, 0.6) is 11.5 Å². The lowest BCUT2D eigenvalue weighted by atomic mass is 9.90. The number of hydrogen-bond acceptors (Lipinski definition) is 6. The quantitative estimate of drug-likeness (QED) is 0.489. The summed E-state index contributed by atoms with van der Waals surface area (Å²) in [6.45, 7) is 7.90. The van der Waals surface area contributed by atoms with Crippen molar-refractivity contribution >= 4 is 16.8 Å². The van der Waals surface area contributed by atoms with Crippen molar-refractivity contribution in [2.75, 3.05) is 40.0 Å². The monoisotopic (exact) mass is 483 g/mol. The molecule has 192 valence electrons. The van der Waals surface area contributed by atoms with Gasteiger partial charge in [-0.1, -0.05) is 25.3 Å².